The van der Waals surface area contributed by atoms with E-state index in [0.717, 1.165) is 18.6 Å². The third kappa shape index (κ3) is 4.04. The molecule has 0 unspecified atom stereocenters. The predicted octanol–water partition coefficient (Wildman–Crippen LogP) is 3.97. The van der Waals surface area contributed by atoms with Gasteiger partial charge in [0, 0.05) is 42.8 Å². The predicted molar refractivity (Wildman–Crippen MR) is 93.9 cm³/mol. The van der Waals surface area contributed by atoms with E-state index in [4.69, 9.17) is 4.74 Å². The molecule has 2 aliphatic heterocycles. The maximum absolute atomic E-state index is 13.0. The third-order valence-corrected chi connectivity index (χ3v) is 4.97. The van der Waals surface area contributed by atoms with Gasteiger partial charge in [-0.2, -0.15) is 13.2 Å². The molecule has 0 aromatic heterocycles. The molecule has 0 atom stereocenters. The van der Waals surface area contributed by atoms with Gasteiger partial charge in [0.25, 0.3) is 0 Å². The minimum Gasteiger partial charge on any atom is -0.444 e. The van der Waals surface area contributed by atoms with Crippen LogP contribution < -0.4 is 4.90 Å². The minimum absolute atomic E-state index is 0.161. The van der Waals surface area contributed by atoms with Crippen molar-refractivity contribution in [1.29, 1.82) is 0 Å². The van der Waals surface area contributed by atoms with Gasteiger partial charge in [-0.1, -0.05) is 0 Å². The van der Waals surface area contributed by atoms with Crippen LogP contribution in [0, 0.1) is 5.41 Å². The Morgan fingerprint density at radius 2 is 1.85 bits per heavy atom. The topological polar surface area (TPSA) is 49.9 Å². The van der Waals surface area contributed by atoms with Crippen LogP contribution in [0.25, 0.3) is 0 Å². The molecule has 0 bridgehead atoms. The van der Waals surface area contributed by atoms with Crippen LogP contribution >= 0.6 is 0 Å². The van der Waals surface area contributed by atoms with Crippen LogP contribution in [-0.2, 0) is 10.9 Å². The van der Waals surface area contributed by atoms with Gasteiger partial charge in [0.15, 0.2) is 6.29 Å². The zero-order valence-electron chi connectivity index (χ0n) is 15.6. The third-order valence-electron chi connectivity index (χ3n) is 4.97. The fraction of sp³-hybridized carbons (Fsp3) is 0.579. The lowest BCUT2D eigenvalue weighted by Gasteiger charge is -2.47. The van der Waals surface area contributed by atoms with E-state index < -0.39 is 17.3 Å². The van der Waals surface area contributed by atoms with Crippen molar-refractivity contribution < 1.29 is 27.5 Å². The number of carbonyl (C=O) groups is 2. The molecule has 3 rings (SSSR count). The summed E-state index contributed by atoms with van der Waals surface area (Å²) in [5, 5.41) is 0. The smallest absolute Gasteiger partial charge is 0.416 e. The summed E-state index contributed by atoms with van der Waals surface area (Å²) >= 11 is 0. The van der Waals surface area contributed by atoms with Crippen LogP contribution in [0.1, 0.15) is 43.1 Å². The van der Waals surface area contributed by atoms with Crippen LogP contribution in [-0.4, -0.2) is 49.1 Å². The molecule has 5 nitrogen and oxygen atoms in total. The number of aldehydes is 1. The number of ether oxygens (including phenoxy) is 1. The molecular formula is C19H23F3N2O3. The quantitative estimate of drug-likeness (QED) is 0.724. The Morgan fingerprint density at radius 3 is 2.41 bits per heavy atom. The first-order chi connectivity index (χ1) is 12.4. The maximum atomic E-state index is 13.0. The van der Waals surface area contributed by atoms with E-state index in [0.29, 0.717) is 38.2 Å². The van der Waals surface area contributed by atoms with E-state index in [1.807, 2.05) is 4.90 Å². The molecule has 1 aromatic rings. The standard InChI is InChI=1S/C19H23F3N2O3/c1-17(2,3)27-16(26)24-11-18(12-24)6-7-23(10-18)15-8-14(19(20,21)22)5-4-13(15)9-25/h4-5,8-9H,6-7,10-12H2,1-3H3. The van der Waals surface area contributed by atoms with Crippen molar-refractivity contribution in [1.82, 2.24) is 4.90 Å². The first-order valence-corrected chi connectivity index (χ1v) is 8.82. The van der Waals surface area contributed by atoms with E-state index in [9.17, 15) is 22.8 Å². The largest absolute Gasteiger partial charge is 0.444 e. The van der Waals surface area contributed by atoms with Gasteiger partial charge in [0.05, 0.1) is 5.56 Å². The number of halogens is 3. The van der Waals surface area contributed by atoms with Gasteiger partial charge >= 0.3 is 12.3 Å². The van der Waals surface area contributed by atoms with Gasteiger partial charge in [-0.25, -0.2) is 4.79 Å². The van der Waals surface area contributed by atoms with Crippen LogP contribution in [0.3, 0.4) is 0 Å². The molecule has 1 aromatic carbocycles. The molecule has 148 valence electrons. The molecule has 0 N–H and O–H groups in total. The van der Waals surface area contributed by atoms with Crippen LogP contribution in [0.15, 0.2) is 18.2 Å². The summed E-state index contributed by atoms with van der Waals surface area (Å²) in [4.78, 5) is 26.8. The van der Waals surface area contributed by atoms with Crippen LogP contribution in [0.2, 0.25) is 0 Å². The Morgan fingerprint density at radius 1 is 1.19 bits per heavy atom. The number of likely N-dealkylation sites (tertiary alicyclic amines) is 1. The SMILES string of the molecule is CC(C)(C)OC(=O)N1CC2(CCN(c3cc(C(F)(F)F)ccc3C=O)C2)C1. The maximum Gasteiger partial charge on any atom is 0.416 e. The number of amides is 1. The fourth-order valence-electron chi connectivity index (χ4n) is 3.71. The highest BCUT2D eigenvalue weighted by Crippen LogP contribution is 2.43. The second kappa shape index (κ2) is 6.42. The van der Waals surface area contributed by atoms with Crippen molar-refractivity contribution in [2.45, 2.75) is 39.0 Å². The minimum atomic E-state index is -4.46. The number of rotatable bonds is 2. The van der Waals surface area contributed by atoms with E-state index in [1.54, 1.807) is 25.7 Å². The van der Waals surface area contributed by atoms with Gasteiger partial charge in [-0.3, -0.25) is 4.79 Å². The Kier molecular flexibility index (Phi) is 4.64. The number of hydrogen-bond donors (Lipinski definition) is 0. The molecular weight excluding hydrogens is 361 g/mol. The molecule has 2 fully saturated rings. The van der Waals surface area contributed by atoms with Crippen molar-refractivity contribution in [2.24, 2.45) is 5.41 Å². The molecule has 0 radical (unpaired) electrons. The van der Waals surface area contributed by atoms with Gasteiger partial charge in [0.1, 0.15) is 5.60 Å². The lowest BCUT2D eigenvalue weighted by atomic mass is 9.79. The Balaban J connectivity index is 1.71. The summed E-state index contributed by atoms with van der Waals surface area (Å²) in [5.41, 5.74) is -0.965. The van der Waals surface area contributed by atoms with Crippen molar-refractivity contribution in [3.8, 4) is 0 Å². The molecule has 2 saturated heterocycles. The summed E-state index contributed by atoms with van der Waals surface area (Å²) in [7, 11) is 0. The molecule has 0 saturated carbocycles. The molecule has 8 heteroatoms. The van der Waals surface area contributed by atoms with Crippen molar-refractivity contribution >= 4 is 18.1 Å². The van der Waals surface area contributed by atoms with E-state index in [2.05, 4.69) is 0 Å². The van der Waals surface area contributed by atoms with Crippen molar-refractivity contribution in [3.63, 3.8) is 0 Å². The Bertz CT molecular complexity index is 750. The monoisotopic (exact) mass is 384 g/mol. The lowest BCUT2D eigenvalue weighted by Crippen LogP contribution is -2.60. The molecule has 1 spiro atoms. The molecule has 27 heavy (non-hydrogen) atoms. The van der Waals surface area contributed by atoms with Gasteiger partial charge < -0.3 is 14.5 Å². The van der Waals surface area contributed by atoms with Crippen molar-refractivity contribution in [3.05, 3.63) is 29.3 Å². The van der Waals surface area contributed by atoms with Gasteiger partial charge in [-0.15, -0.1) is 0 Å². The molecule has 2 aliphatic rings. The number of hydrogen-bond acceptors (Lipinski definition) is 4. The molecule has 2 heterocycles. The highest BCUT2D eigenvalue weighted by atomic mass is 19.4. The summed E-state index contributed by atoms with van der Waals surface area (Å²) in [6, 6.07) is 3.17. The Hall–Kier alpha value is -2.25. The lowest BCUT2D eigenvalue weighted by molar-refractivity contribution is -0.137. The highest BCUT2D eigenvalue weighted by molar-refractivity contribution is 5.85. The number of carbonyl (C=O) groups excluding carboxylic acids is 2. The summed E-state index contributed by atoms with van der Waals surface area (Å²) < 4.78 is 44.4. The average molecular weight is 384 g/mol. The van der Waals surface area contributed by atoms with E-state index in [1.165, 1.54) is 6.07 Å². The number of anilines is 1. The second-order valence-electron chi connectivity index (χ2n) is 8.40. The summed E-state index contributed by atoms with van der Waals surface area (Å²) in [6.07, 6.45) is -3.51. The first-order valence-electron chi connectivity index (χ1n) is 8.82. The number of alkyl halides is 3. The number of nitrogens with zero attached hydrogens (tertiary/aromatic N) is 2. The zero-order valence-corrected chi connectivity index (χ0v) is 15.6. The van der Waals surface area contributed by atoms with Crippen LogP contribution in [0.5, 0.6) is 0 Å². The normalized spacial score (nSPS) is 19.2. The summed E-state index contributed by atoms with van der Waals surface area (Å²) in [5.74, 6) is 0. The van der Waals surface area contributed by atoms with E-state index in [-0.39, 0.29) is 17.1 Å². The van der Waals surface area contributed by atoms with Gasteiger partial charge in [0.2, 0.25) is 0 Å². The summed E-state index contributed by atoms with van der Waals surface area (Å²) in [6.45, 7) is 7.46. The van der Waals surface area contributed by atoms with Gasteiger partial charge in [-0.05, 0) is 45.4 Å². The fourth-order valence-corrected chi connectivity index (χ4v) is 3.71. The van der Waals surface area contributed by atoms with Crippen molar-refractivity contribution in [2.75, 3.05) is 31.1 Å². The average Bonchev–Trinajstić information content (AvgIpc) is 2.95. The molecule has 1 amide bonds. The van der Waals surface area contributed by atoms with E-state index >= 15 is 0 Å². The second-order valence-corrected chi connectivity index (χ2v) is 8.40. The zero-order chi connectivity index (χ0) is 20.0. The van der Waals surface area contributed by atoms with Crippen LogP contribution in [0.4, 0.5) is 23.7 Å². The number of benzene rings is 1. The Labute approximate surface area is 156 Å². The molecule has 0 aliphatic carbocycles. The first kappa shape index (κ1) is 19.5. The highest BCUT2D eigenvalue weighted by Gasteiger charge is 2.50.